The van der Waals surface area contributed by atoms with Crippen LogP contribution in [0.1, 0.15) is 5.69 Å². The summed E-state index contributed by atoms with van der Waals surface area (Å²) < 4.78 is 5.23. The molecule has 1 aromatic heterocycles. The third kappa shape index (κ3) is 1.93. The van der Waals surface area contributed by atoms with Crippen LogP contribution in [-0.4, -0.2) is 36.3 Å². The fourth-order valence-corrected chi connectivity index (χ4v) is 1.52. The lowest BCUT2D eigenvalue weighted by molar-refractivity contribution is 0.122. The van der Waals surface area contributed by atoms with E-state index in [0.717, 1.165) is 24.6 Å². The molecule has 1 aliphatic rings. The highest BCUT2D eigenvalue weighted by atomic mass is 16.5. The fraction of sp³-hybridized carbons (Fsp3) is 0.556. The van der Waals surface area contributed by atoms with E-state index in [1.165, 1.54) is 0 Å². The molecule has 5 heteroatoms. The third-order valence-corrected chi connectivity index (χ3v) is 2.20. The second-order valence-corrected chi connectivity index (χ2v) is 3.33. The first-order valence-electron chi connectivity index (χ1n) is 4.66. The van der Waals surface area contributed by atoms with Crippen molar-refractivity contribution in [1.82, 2.24) is 9.97 Å². The van der Waals surface area contributed by atoms with Gasteiger partial charge in [-0.2, -0.15) is 4.98 Å². The van der Waals surface area contributed by atoms with Gasteiger partial charge in [0.1, 0.15) is 5.82 Å². The Hall–Kier alpha value is -1.36. The number of ether oxygens (including phenoxy) is 1. The first kappa shape index (κ1) is 9.21. The van der Waals surface area contributed by atoms with Crippen molar-refractivity contribution in [1.29, 1.82) is 0 Å². The molecule has 1 saturated heterocycles. The van der Waals surface area contributed by atoms with E-state index >= 15 is 0 Å². The lowest BCUT2D eigenvalue weighted by Gasteiger charge is -2.27. The highest BCUT2D eigenvalue weighted by Crippen LogP contribution is 2.10. The predicted octanol–water partition coefficient (Wildman–Crippen LogP) is -0.0851. The van der Waals surface area contributed by atoms with Gasteiger partial charge in [-0.25, -0.2) is 4.79 Å². The summed E-state index contributed by atoms with van der Waals surface area (Å²) in [5, 5.41) is 0. The number of hydrogen-bond donors (Lipinski definition) is 1. The topological polar surface area (TPSA) is 58.2 Å². The minimum absolute atomic E-state index is 0.286. The molecule has 1 aromatic rings. The SMILES string of the molecule is Cc1cc(N2CCOCC2)nc(=O)[nH]1. The fourth-order valence-electron chi connectivity index (χ4n) is 1.52. The summed E-state index contributed by atoms with van der Waals surface area (Å²) in [6.07, 6.45) is 0. The monoisotopic (exact) mass is 195 g/mol. The highest BCUT2D eigenvalue weighted by molar-refractivity contribution is 5.38. The molecule has 1 aliphatic heterocycles. The lowest BCUT2D eigenvalue weighted by atomic mass is 10.3. The minimum atomic E-state index is -0.286. The molecule has 0 atom stereocenters. The Morgan fingerprint density at radius 1 is 1.50 bits per heavy atom. The molecule has 0 aromatic carbocycles. The number of nitrogens with one attached hydrogen (secondary N) is 1. The van der Waals surface area contributed by atoms with Gasteiger partial charge in [0.15, 0.2) is 0 Å². The number of H-pyrrole nitrogens is 1. The molecule has 5 nitrogen and oxygen atoms in total. The molecule has 0 unspecified atom stereocenters. The molecule has 14 heavy (non-hydrogen) atoms. The Kier molecular flexibility index (Phi) is 2.49. The summed E-state index contributed by atoms with van der Waals surface area (Å²) in [6.45, 7) is 4.86. The van der Waals surface area contributed by atoms with Crippen LogP contribution in [0.4, 0.5) is 5.82 Å². The van der Waals surface area contributed by atoms with Crippen LogP contribution >= 0.6 is 0 Å². The maximum atomic E-state index is 11.1. The van der Waals surface area contributed by atoms with Crippen molar-refractivity contribution < 1.29 is 4.74 Å². The maximum Gasteiger partial charge on any atom is 0.347 e. The van der Waals surface area contributed by atoms with E-state index in [2.05, 4.69) is 14.9 Å². The highest BCUT2D eigenvalue weighted by Gasteiger charge is 2.12. The number of nitrogens with zero attached hydrogens (tertiary/aromatic N) is 2. The third-order valence-electron chi connectivity index (χ3n) is 2.20. The van der Waals surface area contributed by atoms with Crippen LogP contribution in [0.5, 0.6) is 0 Å². The Labute approximate surface area is 81.7 Å². The van der Waals surface area contributed by atoms with Crippen LogP contribution in [0.2, 0.25) is 0 Å². The molecule has 1 fully saturated rings. The number of aromatic amines is 1. The molecule has 2 rings (SSSR count). The molecule has 0 saturated carbocycles. The smallest absolute Gasteiger partial charge is 0.347 e. The molecule has 0 bridgehead atoms. The summed E-state index contributed by atoms with van der Waals surface area (Å²) >= 11 is 0. The quantitative estimate of drug-likeness (QED) is 0.680. The van der Waals surface area contributed by atoms with Gasteiger partial charge in [0.2, 0.25) is 0 Å². The average molecular weight is 195 g/mol. The van der Waals surface area contributed by atoms with Crippen LogP contribution in [0.15, 0.2) is 10.9 Å². The normalized spacial score (nSPS) is 17.1. The Morgan fingerprint density at radius 3 is 2.86 bits per heavy atom. The Balaban J connectivity index is 2.26. The first-order chi connectivity index (χ1) is 6.75. The number of aryl methyl sites for hydroxylation is 1. The second-order valence-electron chi connectivity index (χ2n) is 3.33. The summed E-state index contributed by atoms with van der Waals surface area (Å²) in [5.41, 5.74) is 0.554. The van der Waals surface area contributed by atoms with E-state index in [4.69, 9.17) is 4.74 Å². The largest absolute Gasteiger partial charge is 0.378 e. The van der Waals surface area contributed by atoms with E-state index in [0.29, 0.717) is 13.2 Å². The second kappa shape index (κ2) is 3.79. The van der Waals surface area contributed by atoms with Crippen molar-refractivity contribution in [2.24, 2.45) is 0 Å². The van der Waals surface area contributed by atoms with Crippen LogP contribution in [0.25, 0.3) is 0 Å². The van der Waals surface area contributed by atoms with Gasteiger partial charge in [-0.15, -0.1) is 0 Å². The molecule has 0 spiro atoms. The number of aromatic nitrogens is 2. The molecular weight excluding hydrogens is 182 g/mol. The van der Waals surface area contributed by atoms with Gasteiger partial charge in [-0.05, 0) is 13.0 Å². The average Bonchev–Trinajstić information content (AvgIpc) is 2.18. The predicted molar refractivity (Wildman–Crippen MR) is 52.6 cm³/mol. The van der Waals surface area contributed by atoms with E-state index in [-0.39, 0.29) is 5.69 Å². The molecule has 0 radical (unpaired) electrons. The standard InChI is InChI=1S/C9H13N3O2/c1-7-6-8(11-9(13)10-7)12-2-4-14-5-3-12/h6H,2-5H2,1H3,(H,10,11,13). The summed E-state index contributed by atoms with van der Waals surface area (Å²) in [4.78, 5) is 19.7. The molecular formula is C9H13N3O2. The van der Waals surface area contributed by atoms with Crippen molar-refractivity contribution in [2.75, 3.05) is 31.2 Å². The van der Waals surface area contributed by atoms with Gasteiger partial charge >= 0.3 is 5.69 Å². The molecule has 2 heterocycles. The summed E-state index contributed by atoms with van der Waals surface area (Å²) in [6, 6.07) is 1.88. The molecule has 1 N–H and O–H groups in total. The van der Waals surface area contributed by atoms with Gasteiger partial charge in [0.05, 0.1) is 13.2 Å². The van der Waals surface area contributed by atoms with Gasteiger partial charge < -0.3 is 14.6 Å². The number of anilines is 1. The first-order valence-corrected chi connectivity index (χ1v) is 4.66. The van der Waals surface area contributed by atoms with E-state index < -0.39 is 0 Å². The summed E-state index contributed by atoms with van der Waals surface area (Å²) in [7, 11) is 0. The summed E-state index contributed by atoms with van der Waals surface area (Å²) in [5.74, 6) is 0.745. The number of hydrogen-bond acceptors (Lipinski definition) is 4. The number of morpholine rings is 1. The van der Waals surface area contributed by atoms with Gasteiger partial charge in [0.25, 0.3) is 0 Å². The van der Waals surface area contributed by atoms with Crippen molar-refractivity contribution in [3.63, 3.8) is 0 Å². The zero-order valence-corrected chi connectivity index (χ0v) is 8.12. The number of rotatable bonds is 1. The van der Waals surface area contributed by atoms with E-state index in [1.54, 1.807) is 0 Å². The van der Waals surface area contributed by atoms with Crippen LogP contribution in [-0.2, 0) is 4.74 Å². The van der Waals surface area contributed by atoms with Crippen molar-refractivity contribution in [3.05, 3.63) is 22.2 Å². The van der Waals surface area contributed by atoms with Crippen LogP contribution < -0.4 is 10.6 Å². The van der Waals surface area contributed by atoms with E-state index in [1.807, 2.05) is 13.0 Å². The Bertz CT molecular complexity index is 369. The van der Waals surface area contributed by atoms with Gasteiger partial charge in [-0.3, -0.25) is 0 Å². The minimum Gasteiger partial charge on any atom is -0.378 e. The molecule has 0 amide bonds. The zero-order chi connectivity index (χ0) is 9.97. The Morgan fingerprint density at radius 2 is 2.21 bits per heavy atom. The molecule has 0 aliphatic carbocycles. The van der Waals surface area contributed by atoms with Crippen LogP contribution in [0, 0.1) is 6.92 Å². The zero-order valence-electron chi connectivity index (χ0n) is 8.12. The van der Waals surface area contributed by atoms with Gasteiger partial charge in [0, 0.05) is 18.8 Å². The van der Waals surface area contributed by atoms with Crippen molar-refractivity contribution in [2.45, 2.75) is 6.92 Å². The lowest BCUT2D eigenvalue weighted by Crippen LogP contribution is -2.37. The van der Waals surface area contributed by atoms with E-state index in [9.17, 15) is 4.79 Å². The maximum absolute atomic E-state index is 11.1. The van der Waals surface area contributed by atoms with Gasteiger partial charge in [-0.1, -0.05) is 0 Å². The van der Waals surface area contributed by atoms with Crippen LogP contribution in [0.3, 0.4) is 0 Å². The van der Waals surface area contributed by atoms with Crippen molar-refractivity contribution in [3.8, 4) is 0 Å². The molecule has 76 valence electrons. The van der Waals surface area contributed by atoms with Crippen molar-refractivity contribution >= 4 is 5.82 Å².